The molecule has 0 unspecified atom stereocenters. The van der Waals surface area contributed by atoms with Gasteiger partial charge in [-0.3, -0.25) is 0 Å². The third-order valence-corrected chi connectivity index (χ3v) is 12.2. The second-order valence-corrected chi connectivity index (χ2v) is 16.4. The number of hydrogen-bond donors (Lipinski definition) is 2. The van der Waals surface area contributed by atoms with E-state index in [1.165, 1.54) is 22.3 Å². The van der Waals surface area contributed by atoms with E-state index in [4.69, 9.17) is 9.97 Å². The van der Waals surface area contributed by atoms with Crippen molar-refractivity contribution in [1.82, 2.24) is 19.9 Å². The number of nitrogens with zero attached hydrogens (tertiary/aromatic N) is 2. The van der Waals surface area contributed by atoms with Gasteiger partial charge < -0.3 is 9.97 Å². The van der Waals surface area contributed by atoms with Gasteiger partial charge in [-0.05, 0) is 116 Å². The Balaban J connectivity index is 1.40. The zero-order chi connectivity index (χ0) is 42.1. The Morgan fingerprint density at radius 3 is 1.05 bits per heavy atom. The van der Waals surface area contributed by atoms with Crippen molar-refractivity contribution in [2.75, 3.05) is 0 Å². The minimum Gasteiger partial charge on any atom is -0.354 e. The van der Waals surface area contributed by atoms with Crippen LogP contribution in [0.1, 0.15) is 64.3 Å². The zero-order valence-corrected chi connectivity index (χ0v) is 35.2. The van der Waals surface area contributed by atoms with Crippen LogP contribution in [0.25, 0.3) is 90.9 Å². The van der Waals surface area contributed by atoms with Crippen molar-refractivity contribution >= 4 is 46.4 Å². The molecule has 7 aromatic rings. The van der Waals surface area contributed by atoms with Gasteiger partial charge in [0.1, 0.15) is 0 Å². The van der Waals surface area contributed by atoms with E-state index >= 15 is 0 Å². The van der Waals surface area contributed by atoms with Crippen molar-refractivity contribution in [1.29, 1.82) is 0 Å². The average Bonchev–Trinajstić information content (AvgIpc) is 4.12. The highest BCUT2D eigenvalue weighted by Crippen LogP contribution is 2.41. The van der Waals surface area contributed by atoms with Crippen molar-refractivity contribution in [2.24, 2.45) is 0 Å². The Morgan fingerprint density at radius 2 is 0.689 bits per heavy atom. The third kappa shape index (κ3) is 7.47. The van der Waals surface area contributed by atoms with Crippen molar-refractivity contribution < 1.29 is 0 Å². The number of hydrogen-bond acceptors (Lipinski definition) is 2. The molecule has 0 saturated carbocycles. The van der Waals surface area contributed by atoms with E-state index in [2.05, 4.69) is 196 Å². The van der Waals surface area contributed by atoms with Crippen LogP contribution >= 0.6 is 0 Å². The molecule has 0 atom stereocenters. The molecule has 0 aliphatic carbocycles. The third-order valence-electron chi connectivity index (χ3n) is 12.2. The van der Waals surface area contributed by atoms with Crippen molar-refractivity contribution in [3.05, 3.63) is 204 Å². The van der Waals surface area contributed by atoms with Crippen LogP contribution in [0, 0.1) is 20.8 Å². The lowest BCUT2D eigenvalue weighted by Gasteiger charge is -2.32. The average molecular weight is 791 g/mol. The first-order valence-corrected chi connectivity index (χ1v) is 21.1. The van der Waals surface area contributed by atoms with Crippen LogP contribution in [-0.4, -0.2) is 19.9 Å². The molecule has 4 heteroatoms. The molecule has 61 heavy (non-hydrogen) atoms. The minimum atomic E-state index is -0.155. The molecular weight excluding hydrogens is 741 g/mol. The number of rotatable bonds is 11. The van der Waals surface area contributed by atoms with Gasteiger partial charge in [0.15, 0.2) is 0 Å². The van der Waals surface area contributed by atoms with Gasteiger partial charge in [0.2, 0.25) is 0 Å². The molecular formula is C57H50N4. The van der Waals surface area contributed by atoms with Crippen LogP contribution in [-0.2, 0) is 5.41 Å². The summed E-state index contributed by atoms with van der Waals surface area (Å²) in [6, 6.07) is 43.9. The van der Waals surface area contributed by atoms with Crippen molar-refractivity contribution in [3.63, 3.8) is 0 Å². The molecule has 4 nitrogen and oxygen atoms in total. The van der Waals surface area contributed by atoms with Gasteiger partial charge >= 0.3 is 0 Å². The summed E-state index contributed by atoms with van der Waals surface area (Å²) in [5.41, 5.74) is 20.6. The zero-order valence-electron chi connectivity index (χ0n) is 35.2. The molecule has 0 spiro atoms. The predicted octanol–water partition coefficient (Wildman–Crippen LogP) is 15.2. The van der Waals surface area contributed by atoms with Crippen LogP contribution in [0.5, 0.6) is 0 Å². The normalized spacial score (nSPS) is 12.1. The van der Waals surface area contributed by atoms with Gasteiger partial charge in [-0.25, -0.2) is 9.97 Å². The van der Waals surface area contributed by atoms with E-state index in [1.807, 2.05) is 18.2 Å². The van der Waals surface area contributed by atoms with Gasteiger partial charge in [0, 0.05) is 49.7 Å². The predicted molar refractivity (Wildman–Crippen MR) is 261 cm³/mol. The maximum absolute atomic E-state index is 5.45. The molecule has 0 amide bonds. The van der Waals surface area contributed by atoms with Crippen molar-refractivity contribution in [3.8, 4) is 44.5 Å². The first kappa shape index (κ1) is 39.2. The Bertz CT molecular complexity index is 2870. The quantitative estimate of drug-likeness (QED) is 0.128. The Labute approximate surface area is 359 Å². The number of aryl methyl sites for hydroxylation is 3. The molecule has 2 aliphatic heterocycles. The van der Waals surface area contributed by atoms with Gasteiger partial charge in [-0.1, -0.05) is 132 Å². The van der Waals surface area contributed by atoms with Crippen LogP contribution in [0.2, 0.25) is 0 Å². The van der Waals surface area contributed by atoms with E-state index in [0.717, 1.165) is 109 Å². The fraction of sp³-hybridized carbons (Fsp3) is 0.123. The van der Waals surface area contributed by atoms with Crippen LogP contribution in [0.3, 0.4) is 0 Å². The van der Waals surface area contributed by atoms with Crippen LogP contribution in [0.4, 0.5) is 0 Å². The molecule has 5 heterocycles. The van der Waals surface area contributed by atoms with Gasteiger partial charge in [0.25, 0.3) is 0 Å². The van der Waals surface area contributed by atoms with Gasteiger partial charge in [0.05, 0.1) is 22.8 Å². The fourth-order valence-electron chi connectivity index (χ4n) is 9.00. The maximum atomic E-state index is 5.45. The summed E-state index contributed by atoms with van der Waals surface area (Å²) < 4.78 is 0. The molecule has 2 N–H and O–H groups in total. The number of aromatic amines is 2. The molecule has 0 radical (unpaired) electrons. The monoisotopic (exact) mass is 790 g/mol. The molecule has 2 aliphatic rings. The first-order chi connectivity index (χ1) is 29.8. The molecule has 0 saturated heterocycles. The van der Waals surface area contributed by atoms with Crippen LogP contribution < -0.4 is 0 Å². The fourth-order valence-corrected chi connectivity index (χ4v) is 9.00. The number of H-pyrrole nitrogens is 2. The number of nitrogens with one attached hydrogen (secondary N) is 2. The lowest BCUT2D eigenvalue weighted by atomic mass is 9.72. The van der Waals surface area contributed by atoms with Gasteiger partial charge in [-0.2, -0.15) is 0 Å². The summed E-state index contributed by atoms with van der Waals surface area (Å²) in [4.78, 5) is 18.7. The molecule has 9 rings (SSSR count). The molecule has 4 aromatic carbocycles. The van der Waals surface area contributed by atoms with E-state index in [1.54, 1.807) is 0 Å². The molecule has 8 bridgehead atoms. The summed E-state index contributed by atoms with van der Waals surface area (Å²) in [6.45, 7) is 18.7. The first-order valence-electron chi connectivity index (χ1n) is 21.1. The summed E-state index contributed by atoms with van der Waals surface area (Å²) in [7, 11) is 0. The highest BCUT2D eigenvalue weighted by atomic mass is 14.8. The van der Waals surface area contributed by atoms with E-state index in [9.17, 15) is 0 Å². The number of fused-ring (bicyclic) bond motifs is 8. The molecule has 3 aromatic heterocycles. The lowest BCUT2D eigenvalue weighted by Crippen LogP contribution is -2.24. The summed E-state index contributed by atoms with van der Waals surface area (Å²) >= 11 is 0. The molecule has 0 fully saturated rings. The second kappa shape index (κ2) is 16.4. The Morgan fingerprint density at radius 1 is 0.393 bits per heavy atom. The van der Waals surface area contributed by atoms with E-state index < -0.39 is 0 Å². The number of aromatic nitrogens is 4. The minimum absolute atomic E-state index is 0.155. The highest BCUT2D eigenvalue weighted by molar-refractivity contribution is 6.00. The van der Waals surface area contributed by atoms with E-state index in [0.29, 0.717) is 0 Å². The van der Waals surface area contributed by atoms with Crippen LogP contribution in [0.15, 0.2) is 159 Å². The summed E-state index contributed by atoms with van der Waals surface area (Å²) in [5, 5.41) is 0. The lowest BCUT2D eigenvalue weighted by molar-refractivity contribution is 0.442. The second-order valence-electron chi connectivity index (χ2n) is 16.4. The van der Waals surface area contributed by atoms with Gasteiger partial charge in [-0.15, -0.1) is 19.7 Å². The summed E-state index contributed by atoms with van der Waals surface area (Å²) in [6.07, 6.45) is 17.1. The maximum Gasteiger partial charge on any atom is 0.0738 e. The van der Waals surface area contributed by atoms with E-state index in [-0.39, 0.29) is 5.41 Å². The van der Waals surface area contributed by atoms with Crippen molar-refractivity contribution in [2.45, 2.75) is 45.4 Å². The standard InChI is InChI=1S/C57H50N4/c1-7-34-57(35-8-2,36-9-3)44-24-22-43(23-25-44)56-51-32-30-49(60-51)54(41-18-12-38(5)13-19-41)47-28-26-45(58-47)53(40-16-10-37(4)11-17-40)46-27-29-48(59-46)55(50-31-33-52(56)61-50)42-20-14-39(6)15-21-42/h7-33,60-61H,1-3,34-36H2,4-6H3. The smallest absolute Gasteiger partial charge is 0.0738 e. The summed E-state index contributed by atoms with van der Waals surface area (Å²) in [5.74, 6) is 0. The molecule has 298 valence electrons. The topological polar surface area (TPSA) is 57.4 Å². The Hall–Kier alpha value is -7.30. The largest absolute Gasteiger partial charge is 0.354 e. The highest BCUT2D eigenvalue weighted by Gasteiger charge is 2.28. The number of benzene rings is 4. The SMILES string of the molecule is C=CCC(CC=C)(CC=C)c1ccc(-c2c3ccc([nH]3)c(-c3ccc(C)cc3)c3nc(c(-c4ccc(C)cc4)c4nc(c(-c5ccc(C)cc5)c5ccc2[nH]5)C=C4)C=C3)cc1. The number of allylic oxidation sites excluding steroid dienone is 3. The Kier molecular flexibility index (Phi) is 10.5.